The minimum Gasteiger partial charge on any atom is -0.474 e. The molecule has 0 spiro atoms. The Hall–Kier alpha value is -3.76. The summed E-state index contributed by atoms with van der Waals surface area (Å²) in [5.74, 6) is 1.57. The van der Waals surface area contributed by atoms with Crippen LogP contribution in [0.3, 0.4) is 0 Å². The van der Waals surface area contributed by atoms with E-state index < -0.39 is 0 Å². The Morgan fingerprint density at radius 2 is 1.68 bits per heavy atom. The maximum absolute atomic E-state index is 13.6. The van der Waals surface area contributed by atoms with E-state index in [1.165, 1.54) is 0 Å². The number of nitrogens with zero attached hydrogens (tertiary/aromatic N) is 4. The van der Waals surface area contributed by atoms with E-state index in [0.717, 1.165) is 34.8 Å². The van der Waals surface area contributed by atoms with Crippen molar-refractivity contribution >= 4 is 34.4 Å². The van der Waals surface area contributed by atoms with Gasteiger partial charge in [0.05, 0.1) is 11.1 Å². The van der Waals surface area contributed by atoms with Gasteiger partial charge in [0.15, 0.2) is 5.78 Å². The van der Waals surface area contributed by atoms with Gasteiger partial charge in [-0.25, -0.2) is 14.8 Å². The van der Waals surface area contributed by atoms with E-state index in [2.05, 4.69) is 62.2 Å². The van der Waals surface area contributed by atoms with E-state index in [1.807, 2.05) is 37.3 Å². The number of nitrogens with one attached hydrogen (secondary N) is 2. The monoisotopic (exact) mass is 614 g/mol. The molecule has 5 rings (SSSR count). The lowest BCUT2D eigenvalue weighted by atomic mass is 9.78. The van der Waals surface area contributed by atoms with Crippen molar-refractivity contribution in [2.45, 2.75) is 77.6 Å². The number of benzene rings is 1. The average molecular weight is 615 g/mol. The van der Waals surface area contributed by atoms with Crippen LogP contribution in [-0.4, -0.2) is 74.3 Å². The highest BCUT2D eigenvalue weighted by molar-refractivity contribution is 8.14. The number of urea groups is 1. The number of rotatable bonds is 8. The number of amides is 2. The Labute approximate surface area is 264 Å². The number of anilines is 1. The number of hydrogen-bond acceptors (Lipinski definition) is 8. The topological polar surface area (TPSA) is 109 Å². The highest BCUT2D eigenvalue weighted by Gasteiger charge is 2.44. The average Bonchev–Trinajstić information content (AvgIpc) is 3.42. The summed E-state index contributed by atoms with van der Waals surface area (Å²) in [5, 5.41) is 6.41. The van der Waals surface area contributed by atoms with E-state index in [0.29, 0.717) is 34.9 Å². The normalized spacial score (nSPS) is 19.7. The molecule has 4 heterocycles. The highest BCUT2D eigenvalue weighted by Crippen LogP contribution is 2.41. The van der Waals surface area contributed by atoms with Crippen LogP contribution in [0, 0.1) is 0 Å². The molecule has 232 valence electrons. The molecule has 0 aliphatic carbocycles. The summed E-state index contributed by atoms with van der Waals surface area (Å²) >= 11 is 1.66. The zero-order chi connectivity index (χ0) is 31.6. The highest BCUT2D eigenvalue weighted by atomic mass is 32.2. The lowest BCUT2D eigenvalue weighted by Gasteiger charge is -2.53. The Bertz CT molecular complexity index is 1550. The van der Waals surface area contributed by atoms with Crippen molar-refractivity contribution in [3.8, 4) is 17.0 Å². The Morgan fingerprint density at radius 1 is 0.977 bits per heavy atom. The third kappa shape index (κ3) is 6.81. The van der Waals surface area contributed by atoms with E-state index in [1.54, 1.807) is 36.3 Å². The maximum Gasteiger partial charge on any atom is 0.320 e. The predicted molar refractivity (Wildman–Crippen MR) is 178 cm³/mol. The number of aromatic nitrogens is 2. The minimum atomic E-state index is -0.332. The van der Waals surface area contributed by atoms with Gasteiger partial charge in [-0.1, -0.05) is 30.3 Å². The zero-order valence-electron chi connectivity index (χ0n) is 26.6. The van der Waals surface area contributed by atoms with Crippen molar-refractivity contribution in [1.82, 2.24) is 20.2 Å². The molecule has 9 nitrogen and oxygen atoms in total. The number of pyridine rings is 2. The van der Waals surface area contributed by atoms with Crippen molar-refractivity contribution in [2.24, 2.45) is 4.99 Å². The molecule has 2 amide bonds. The molecule has 1 fully saturated rings. The van der Waals surface area contributed by atoms with Gasteiger partial charge < -0.3 is 10.1 Å². The molecule has 2 N–H and O–H groups in total. The molecule has 0 saturated carbocycles. The maximum atomic E-state index is 13.6. The van der Waals surface area contributed by atoms with Crippen LogP contribution in [0.25, 0.3) is 11.1 Å². The molecule has 1 unspecified atom stereocenters. The lowest BCUT2D eigenvalue weighted by Crippen LogP contribution is -2.60. The summed E-state index contributed by atoms with van der Waals surface area (Å²) in [7, 11) is 2.17. The molecule has 10 heteroatoms. The number of ketones is 1. The molecule has 1 aromatic carbocycles. The largest absolute Gasteiger partial charge is 0.474 e. The van der Waals surface area contributed by atoms with Gasteiger partial charge in [-0.15, -0.1) is 11.8 Å². The number of carbonyl (C=O) groups excluding carboxylic acids is 2. The second-order valence-electron chi connectivity index (χ2n) is 12.8. The smallest absolute Gasteiger partial charge is 0.320 e. The Morgan fingerprint density at radius 3 is 2.32 bits per heavy atom. The number of aliphatic imine (C=N–C) groups is 1. The molecule has 2 aliphatic rings. The van der Waals surface area contributed by atoms with Gasteiger partial charge in [-0.05, 0) is 60.7 Å². The van der Waals surface area contributed by atoms with Gasteiger partial charge in [0, 0.05) is 76.4 Å². The number of piperidine rings is 1. The fraction of sp³-hybridized carbons (Fsp3) is 0.441. The summed E-state index contributed by atoms with van der Waals surface area (Å²) < 4.78 is 6.76. The number of carbonyl (C=O) groups is 2. The van der Waals surface area contributed by atoms with Crippen LogP contribution in [0.15, 0.2) is 59.9 Å². The number of hydrogen-bond donors (Lipinski definition) is 2. The van der Waals surface area contributed by atoms with Gasteiger partial charge in [-0.3, -0.25) is 20.0 Å². The molecule has 3 aromatic rings. The van der Waals surface area contributed by atoms with E-state index in [4.69, 9.17) is 14.7 Å². The molecule has 0 bridgehead atoms. The fourth-order valence-corrected chi connectivity index (χ4v) is 7.05. The van der Waals surface area contributed by atoms with E-state index in [9.17, 15) is 9.59 Å². The Balaban J connectivity index is 1.62. The third-order valence-electron chi connectivity index (χ3n) is 8.50. The first-order valence-electron chi connectivity index (χ1n) is 15.1. The standard InChI is InChI=1S/C34H42N6O3S/c1-8-35-32(42)39-28-15-26(31-38-21(2)20-44-31)27(19-36-28)25-14-23(29(41)22-12-10-9-11-13-22)18-37-30(25)43-24-16-33(3,4)40(7)34(5,6)17-24/h9-15,18-19,21,24H,8,16-17,20H2,1-7H3,(H2,35,36,39,42). The Kier molecular flexibility index (Phi) is 9.13. The molecule has 44 heavy (non-hydrogen) atoms. The zero-order valence-corrected chi connectivity index (χ0v) is 27.4. The van der Waals surface area contributed by atoms with Crippen molar-refractivity contribution < 1.29 is 14.3 Å². The van der Waals surface area contributed by atoms with E-state index in [-0.39, 0.29) is 35.0 Å². The van der Waals surface area contributed by atoms with Crippen molar-refractivity contribution in [3.05, 3.63) is 71.5 Å². The first kappa shape index (κ1) is 31.7. The van der Waals surface area contributed by atoms with Crippen LogP contribution in [0.1, 0.15) is 75.9 Å². The summed E-state index contributed by atoms with van der Waals surface area (Å²) in [6.07, 6.45) is 4.86. The lowest BCUT2D eigenvalue weighted by molar-refractivity contribution is -0.0565. The van der Waals surface area contributed by atoms with Crippen molar-refractivity contribution in [2.75, 3.05) is 24.7 Å². The van der Waals surface area contributed by atoms with Crippen LogP contribution in [-0.2, 0) is 0 Å². The third-order valence-corrected chi connectivity index (χ3v) is 9.75. The van der Waals surface area contributed by atoms with Gasteiger partial charge in [-0.2, -0.15) is 0 Å². The SMILES string of the molecule is CCNC(=O)Nc1cc(C2=NC(C)CS2)c(-c2cc(C(=O)c3ccccc3)cnc2OC2CC(C)(C)N(C)C(C)(C)C2)cn1. The van der Waals surface area contributed by atoms with Gasteiger partial charge in [0.25, 0.3) is 0 Å². The van der Waals surface area contributed by atoms with Crippen LogP contribution in [0.5, 0.6) is 5.88 Å². The second-order valence-corrected chi connectivity index (χ2v) is 13.8. The number of likely N-dealkylation sites (tertiary alicyclic amines) is 1. The molecular formula is C34H42N6O3S. The van der Waals surface area contributed by atoms with E-state index >= 15 is 0 Å². The summed E-state index contributed by atoms with van der Waals surface area (Å²) in [5.41, 5.74) is 3.07. The molecule has 0 radical (unpaired) electrons. The predicted octanol–water partition coefficient (Wildman–Crippen LogP) is 6.43. The molecule has 2 aliphatic heterocycles. The van der Waals surface area contributed by atoms with Gasteiger partial charge >= 0.3 is 6.03 Å². The second kappa shape index (κ2) is 12.7. The molecule has 1 saturated heterocycles. The van der Waals surface area contributed by atoms with Crippen molar-refractivity contribution in [1.29, 1.82) is 0 Å². The summed E-state index contributed by atoms with van der Waals surface area (Å²) in [6.45, 7) is 13.4. The van der Waals surface area contributed by atoms with Gasteiger partial charge in [0.1, 0.15) is 11.9 Å². The fourth-order valence-electron chi connectivity index (χ4n) is 6.00. The van der Waals surface area contributed by atoms with Crippen LogP contribution >= 0.6 is 11.8 Å². The summed E-state index contributed by atoms with van der Waals surface area (Å²) in [6, 6.07) is 12.7. The first-order valence-corrected chi connectivity index (χ1v) is 16.1. The molecule has 1 atom stereocenters. The number of thioether (sulfide) groups is 1. The molecular weight excluding hydrogens is 572 g/mol. The van der Waals surface area contributed by atoms with Crippen LogP contribution in [0.2, 0.25) is 0 Å². The van der Waals surface area contributed by atoms with Gasteiger partial charge in [0.2, 0.25) is 5.88 Å². The van der Waals surface area contributed by atoms with Crippen molar-refractivity contribution in [3.63, 3.8) is 0 Å². The molecule has 2 aromatic heterocycles. The van der Waals surface area contributed by atoms with Crippen LogP contribution < -0.4 is 15.4 Å². The minimum absolute atomic E-state index is 0.0831. The summed E-state index contributed by atoms with van der Waals surface area (Å²) in [4.78, 5) is 42.6. The first-order chi connectivity index (χ1) is 20.9. The van der Waals surface area contributed by atoms with Crippen LogP contribution in [0.4, 0.5) is 10.6 Å². The number of ether oxygens (including phenoxy) is 1. The quantitative estimate of drug-likeness (QED) is 0.282.